The molecule has 0 saturated carbocycles. The molecule has 0 unspecified atom stereocenters. The van der Waals surface area contributed by atoms with Gasteiger partial charge in [0.05, 0.1) is 0 Å². The minimum absolute atomic E-state index is 1.11. The molecule has 5 nitrogen and oxygen atoms in total. The van der Waals surface area contributed by atoms with Crippen LogP contribution < -0.4 is 10.5 Å². The van der Waals surface area contributed by atoms with Gasteiger partial charge in [-0.3, -0.25) is 4.79 Å². The lowest BCUT2D eigenvalue weighted by Gasteiger charge is -1.91. The van der Waals surface area contributed by atoms with Crippen LogP contribution in [0, 0.1) is 0 Å². The normalized spacial score (nSPS) is 11.1. The lowest BCUT2D eigenvalue weighted by Crippen LogP contribution is -2.31. The maximum Gasteiger partial charge on any atom is 0.349 e. The van der Waals surface area contributed by atoms with E-state index in [0.717, 1.165) is 7.05 Å². The summed E-state index contributed by atoms with van der Waals surface area (Å²) in [6.45, 7) is 0. The summed E-state index contributed by atoms with van der Waals surface area (Å²) in [5.41, 5.74) is 4.39. The second kappa shape index (κ2) is 2.10. The Bertz CT molecular complexity index is 181. The van der Waals surface area contributed by atoms with Crippen molar-refractivity contribution in [2.75, 3.05) is 7.05 Å². The first-order chi connectivity index (χ1) is 3.50. The van der Waals surface area contributed by atoms with Crippen LogP contribution in [-0.2, 0) is 10.0 Å². The summed E-state index contributed by atoms with van der Waals surface area (Å²) in [6.07, 6.45) is 0. The highest BCUT2D eigenvalue weighted by Crippen LogP contribution is 1.76. The fourth-order valence-electron chi connectivity index (χ4n) is 0.101. The molecule has 0 aromatic heterocycles. The average Bonchev–Trinajstić information content (AvgIpc) is 1.67. The maximum absolute atomic E-state index is 10.1. The highest BCUT2D eigenvalue weighted by molar-refractivity contribution is 8.04. The van der Waals surface area contributed by atoms with Crippen molar-refractivity contribution >= 4 is 15.3 Å². The molecule has 8 heavy (non-hydrogen) atoms. The summed E-state index contributed by atoms with van der Waals surface area (Å²) in [6, 6.07) is 0. The Morgan fingerprint density at radius 2 is 2.00 bits per heavy atom. The maximum atomic E-state index is 10.1. The van der Waals surface area contributed by atoms with Crippen LogP contribution in [0.15, 0.2) is 0 Å². The Labute approximate surface area is 46.9 Å². The van der Waals surface area contributed by atoms with Crippen LogP contribution >= 0.6 is 0 Å². The van der Waals surface area contributed by atoms with Crippen molar-refractivity contribution in [3.8, 4) is 0 Å². The quantitative estimate of drug-likeness (QED) is 0.467. The van der Waals surface area contributed by atoms with Crippen LogP contribution in [0.4, 0.5) is 4.79 Å². The van der Waals surface area contributed by atoms with Crippen molar-refractivity contribution in [2.24, 2.45) is 5.73 Å². The number of rotatable bonds is 1. The highest BCUT2D eigenvalue weighted by atomic mass is 32.2. The van der Waals surface area contributed by atoms with Crippen LogP contribution in [0.3, 0.4) is 0 Å². The molecule has 0 saturated heterocycles. The van der Waals surface area contributed by atoms with E-state index in [4.69, 9.17) is 0 Å². The van der Waals surface area contributed by atoms with E-state index in [2.05, 4.69) is 5.73 Å². The molecule has 0 radical (unpaired) electrons. The molecule has 0 aliphatic carbocycles. The number of hydrogen-bond acceptors (Lipinski definition) is 3. The smallest absolute Gasteiger partial charge is 0.349 e. The highest BCUT2D eigenvalue weighted by Gasteiger charge is 2.13. The lowest BCUT2D eigenvalue weighted by molar-refractivity contribution is 0.265. The number of nitrogens with two attached hydrogens (primary N) is 1. The summed E-state index contributed by atoms with van der Waals surface area (Å²) in [7, 11) is -2.74. The molecule has 0 heterocycles. The molecule has 48 valence electrons. The summed E-state index contributed by atoms with van der Waals surface area (Å²) >= 11 is 0. The standard InChI is InChI=1S/C2H6N2O3S/c1-4-8(6,7)2(3)5/h4H,1H3,(H2,3,5). The Hall–Kier alpha value is -0.620. The van der Waals surface area contributed by atoms with Crippen molar-refractivity contribution in [3.63, 3.8) is 0 Å². The van der Waals surface area contributed by atoms with Gasteiger partial charge in [0, 0.05) is 0 Å². The third-order valence-electron chi connectivity index (χ3n) is 0.534. The number of carbonyl (C=O) groups is 1. The van der Waals surface area contributed by atoms with E-state index >= 15 is 0 Å². The van der Waals surface area contributed by atoms with E-state index in [0.29, 0.717) is 0 Å². The molecule has 0 aromatic carbocycles. The van der Waals surface area contributed by atoms with Crippen molar-refractivity contribution in [1.82, 2.24) is 4.72 Å². The van der Waals surface area contributed by atoms with Crippen LogP contribution in [0.25, 0.3) is 0 Å². The van der Waals surface area contributed by atoms with Gasteiger partial charge in [-0.25, -0.2) is 13.1 Å². The molecule has 0 aromatic rings. The van der Waals surface area contributed by atoms with Gasteiger partial charge in [0.25, 0.3) is 10.0 Å². The Morgan fingerprint density at radius 3 is 2.00 bits per heavy atom. The first-order valence-electron chi connectivity index (χ1n) is 1.73. The van der Waals surface area contributed by atoms with Crippen LogP contribution in [0.5, 0.6) is 0 Å². The first-order valence-corrected chi connectivity index (χ1v) is 3.22. The second-order valence-electron chi connectivity index (χ2n) is 1.03. The molecular formula is C2H6N2O3S. The molecule has 0 aliphatic rings. The SMILES string of the molecule is CNS(=O)(=O)C(N)=O. The zero-order valence-corrected chi connectivity index (χ0v) is 5.03. The largest absolute Gasteiger partial charge is 0.355 e. The monoisotopic (exact) mass is 138 g/mol. The van der Waals surface area contributed by atoms with Gasteiger partial charge in [0.15, 0.2) is 0 Å². The molecule has 3 N–H and O–H groups in total. The number of sulfonamides is 1. The number of nitrogens with one attached hydrogen (secondary N) is 1. The summed E-state index contributed by atoms with van der Waals surface area (Å²) < 4.78 is 22.0. The minimum Gasteiger partial charge on any atom is -0.355 e. The third-order valence-corrected chi connectivity index (χ3v) is 1.60. The van der Waals surface area contributed by atoms with E-state index < -0.39 is 15.3 Å². The number of hydrogen-bond donors (Lipinski definition) is 2. The van der Waals surface area contributed by atoms with Crippen LogP contribution in [0.2, 0.25) is 0 Å². The summed E-state index contributed by atoms with van der Waals surface area (Å²) in [5, 5.41) is -1.36. The van der Waals surface area contributed by atoms with Gasteiger partial charge in [-0.15, -0.1) is 0 Å². The van der Waals surface area contributed by atoms with E-state index in [1.165, 1.54) is 0 Å². The average molecular weight is 138 g/mol. The number of amides is 1. The molecule has 0 aliphatic heterocycles. The van der Waals surface area contributed by atoms with E-state index in [1.807, 2.05) is 0 Å². The number of primary amides is 1. The minimum atomic E-state index is -3.85. The number of carbonyl (C=O) groups excluding carboxylic acids is 1. The molecule has 0 spiro atoms. The van der Waals surface area contributed by atoms with Gasteiger partial charge in [0.1, 0.15) is 0 Å². The van der Waals surface area contributed by atoms with Crippen molar-refractivity contribution in [2.45, 2.75) is 0 Å². The van der Waals surface area contributed by atoms with Gasteiger partial charge in [0.2, 0.25) is 0 Å². The summed E-state index contributed by atoms with van der Waals surface area (Å²) in [5.74, 6) is 0. The molecule has 1 amide bonds. The second-order valence-corrected chi connectivity index (χ2v) is 2.84. The molecule has 0 rings (SSSR count). The Morgan fingerprint density at radius 1 is 1.62 bits per heavy atom. The Balaban J connectivity index is 4.42. The molecule has 6 heteroatoms. The van der Waals surface area contributed by atoms with Gasteiger partial charge in [-0.1, -0.05) is 0 Å². The molecule has 0 fully saturated rings. The van der Waals surface area contributed by atoms with E-state index in [1.54, 1.807) is 4.72 Å². The van der Waals surface area contributed by atoms with Crippen LogP contribution in [0.1, 0.15) is 0 Å². The lowest BCUT2D eigenvalue weighted by atomic mass is 11.5. The fourth-order valence-corrected chi connectivity index (χ4v) is 0.302. The van der Waals surface area contributed by atoms with Crippen molar-refractivity contribution in [1.29, 1.82) is 0 Å². The predicted molar refractivity (Wildman–Crippen MR) is 27.6 cm³/mol. The van der Waals surface area contributed by atoms with Crippen LogP contribution in [-0.4, -0.2) is 20.7 Å². The van der Waals surface area contributed by atoms with Crippen molar-refractivity contribution < 1.29 is 13.2 Å². The van der Waals surface area contributed by atoms with Gasteiger partial charge in [-0.2, -0.15) is 0 Å². The third kappa shape index (κ3) is 1.47. The predicted octanol–water partition coefficient (Wildman–Crippen LogP) is -1.39. The molecular weight excluding hydrogens is 132 g/mol. The van der Waals surface area contributed by atoms with Gasteiger partial charge >= 0.3 is 5.24 Å². The van der Waals surface area contributed by atoms with E-state index in [-0.39, 0.29) is 0 Å². The zero-order valence-electron chi connectivity index (χ0n) is 4.21. The zero-order chi connectivity index (χ0) is 6.78. The Kier molecular flexibility index (Phi) is 1.94. The van der Waals surface area contributed by atoms with Crippen molar-refractivity contribution in [3.05, 3.63) is 0 Å². The molecule has 0 bridgehead atoms. The topological polar surface area (TPSA) is 89.3 Å². The van der Waals surface area contributed by atoms with E-state index in [9.17, 15) is 13.2 Å². The molecule has 0 atom stereocenters. The first kappa shape index (κ1) is 7.38. The van der Waals surface area contributed by atoms with Gasteiger partial charge in [-0.05, 0) is 7.05 Å². The fraction of sp³-hybridized carbons (Fsp3) is 0.500. The van der Waals surface area contributed by atoms with Gasteiger partial charge < -0.3 is 5.73 Å². The summed E-state index contributed by atoms with van der Waals surface area (Å²) in [4.78, 5) is 9.82.